The Hall–Kier alpha value is -2.04. The van der Waals surface area contributed by atoms with E-state index in [-0.39, 0.29) is 6.42 Å². The van der Waals surface area contributed by atoms with Crippen molar-refractivity contribution in [3.63, 3.8) is 0 Å². The molecule has 0 aliphatic rings. The first-order valence-electron chi connectivity index (χ1n) is 6.50. The van der Waals surface area contributed by atoms with Gasteiger partial charge in [-0.15, -0.1) is 0 Å². The number of carboxylic acid groups (broad SMARTS) is 1. The van der Waals surface area contributed by atoms with Gasteiger partial charge < -0.3 is 15.6 Å². The van der Waals surface area contributed by atoms with E-state index in [1.807, 2.05) is 36.4 Å². The van der Waals surface area contributed by atoms with Crippen molar-refractivity contribution in [2.45, 2.75) is 19.1 Å². The topological polar surface area (TPSA) is 72.5 Å². The zero-order chi connectivity index (χ0) is 15.2. The molecule has 0 bridgehead atoms. The van der Waals surface area contributed by atoms with E-state index in [1.54, 1.807) is 12.1 Å². The number of carbonyl (C=O) groups is 1. The molecule has 0 heterocycles. The molecule has 2 aromatic rings. The summed E-state index contributed by atoms with van der Waals surface area (Å²) < 4.78 is 5.75. The zero-order valence-electron chi connectivity index (χ0n) is 11.3. The summed E-state index contributed by atoms with van der Waals surface area (Å²) in [4.78, 5) is 10.9. The largest absolute Gasteiger partial charge is 0.489 e. The first-order chi connectivity index (χ1) is 10.1. The smallest absolute Gasteiger partial charge is 0.320 e. The average Bonchev–Trinajstić information content (AvgIpc) is 2.47. The predicted octanol–water partition coefficient (Wildman–Crippen LogP) is 2.87. The molecular formula is C16H16ClNO3. The van der Waals surface area contributed by atoms with Gasteiger partial charge in [0.15, 0.2) is 0 Å². The lowest BCUT2D eigenvalue weighted by atomic mass is 10.1. The van der Waals surface area contributed by atoms with E-state index in [1.165, 1.54) is 0 Å². The number of ether oxygens (including phenoxy) is 1. The predicted molar refractivity (Wildman–Crippen MR) is 81.5 cm³/mol. The third-order valence-electron chi connectivity index (χ3n) is 3.07. The summed E-state index contributed by atoms with van der Waals surface area (Å²) in [6.45, 7) is 0.318. The van der Waals surface area contributed by atoms with Gasteiger partial charge in [0.05, 0.1) is 0 Å². The van der Waals surface area contributed by atoms with Crippen LogP contribution in [-0.2, 0) is 17.8 Å². The first-order valence-corrected chi connectivity index (χ1v) is 6.88. The molecule has 21 heavy (non-hydrogen) atoms. The Morgan fingerprint density at radius 3 is 2.43 bits per heavy atom. The lowest BCUT2D eigenvalue weighted by Crippen LogP contribution is -2.32. The Morgan fingerprint density at radius 2 is 1.76 bits per heavy atom. The zero-order valence-corrected chi connectivity index (χ0v) is 12.1. The van der Waals surface area contributed by atoms with Gasteiger partial charge in [-0.25, -0.2) is 0 Å². The molecular weight excluding hydrogens is 290 g/mol. The lowest BCUT2D eigenvalue weighted by molar-refractivity contribution is -0.138. The summed E-state index contributed by atoms with van der Waals surface area (Å²) in [5, 5.41) is 9.53. The van der Waals surface area contributed by atoms with E-state index >= 15 is 0 Å². The molecule has 0 spiro atoms. The average molecular weight is 306 g/mol. The molecule has 0 radical (unpaired) electrons. The highest BCUT2D eigenvalue weighted by molar-refractivity contribution is 6.31. The van der Waals surface area contributed by atoms with Crippen LogP contribution in [0.5, 0.6) is 5.75 Å². The van der Waals surface area contributed by atoms with Gasteiger partial charge >= 0.3 is 5.97 Å². The second-order valence-corrected chi connectivity index (χ2v) is 5.04. The van der Waals surface area contributed by atoms with Crippen molar-refractivity contribution in [2.75, 3.05) is 0 Å². The minimum Gasteiger partial charge on any atom is -0.489 e. The molecule has 0 aliphatic carbocycles. The molecule has 0 fully saturated rings. The SMILES string of the molecule is NC(Cc1ccccc1OCc1ccccc1Cl)C(=O)O. The number of carboxylic acids is 1. The van der Waals surface area contributed by atoms with Crippen LogP contribution in [0.4, 0.5) is 0 Å². The Labute approximate surface area is 128 Å². The molecule has 0 aromatic heterocycles. The Bertz CT molecular complexity index is 630. The third-order valence-corrected chi connectivity index (χ3v) is 3.44. The van der Waals surface area contributed by atoms with Crippen LogP contribution >= 0.6 is 11.6 Å². The number of rotatable bonds is 6. The van der Waals surface area contributed by atoms with Crippen LogP contribution in [0.15, 0.2) is 48.5 Å². The van der Waals surface area contributed by atoms with Crippen molar-refractivity contribution in [2.24, 2.45) is 5.73 Å². The quantitative estimate of drug-likeness (QED) is 0.860. The maximum Gasteiger partial charge on any atom is 0.320 e. The second kappa shape index (κ2) is 7.11. The fourth-order valence-electron chi connectivity index (χ4n) is 1.91. The molecule has 3 N–H and O–H groups in total. The Balaban J connectivity index is 2.10. The fourth-order valence-corrected chi connectivity index (χ4v) is 2.10. The van der Waals surface area contributed by atoms with Crippen LogP contribution in [-0.4, -0.2) is 17.1 Å². The van der Waals surface area contributed by atoms with Crippen LogP contribution in [0.2, 0.25) is 5.02 Å². The molecule has 0 aliphatic heterocycles. The van der Waals surface area contributed by atoms with Crippen molar-refractivity contribution < 1.29 is 14.6 Å². The van der Waals surface area contributed by atoms with Crippen molar-refractivity contribution in [1.82, 2.24) is 0 Å². The molecule has 2 rings (SSSR count). The molecule has 0 saturated heterocycles. The van der Waals surface area contributed by atoms with Crippen molar-refractivity contribution >= 4 is 17.6 Å². The number of nitrogens with two attached hydrogens (primary N) is 1. The van der Waals surface area contributed by atoms with Crippen LogP contribution < -0.4 is 10.5 Å². The maximum absolute atomic E-state index is 10.9. The van der Waals surface area contributed by atoms with Crippen molar-refractivity contribution in [3.8, 4) is 5.75 Å². The van der Waals surface area contributed by atoms with Crippen LogP contribution in [0.3, 0.4) is 0 Å². The molecule has 0 amide bonds. The van der Waals surface area contributed by atoms with Crippen molar-refractivity contribution in [3.05, 3.63) is 64.7 Å². The molecule has 5 heteroatoms. The van der Waals surface area contributed by atoms with Crippen molar-refractivity contribution in [1.29, 1.82) is 0 Å². The highest BCUT2D eigenvalue weighted by atomic mass is 35.5. The number of hydrogen-bond donors (Lipinski definition) is 2. The molecule has 4 nitrogen and oxygen atoms in total. The summed E-state index contributed by atoms with van der Waals surface area (Å²) in [5.74, 6) is -0.412. The highest BCUT2D eigenvalue weighted by Gasteiger charge is 2.15. The summed E-state index contributed by atoms with van der Waals surface area (Å²) in [6.07, 6.45) is 0.216. The van der Waals surface area contributed by atoms with Gasteiger partial charge in [0.2, 0.25) is 0 Å². The molecule has 1 unspecified atom stereocenters. The van der Waals surface area contributed by atoms with Crippen LogP contribution in [0, 0.1) is 0 Å². The molecule has 1 atom stereocenters. The molecule has 0 saturated carbocycles. The van der Waals surface area contributed by atoms with E-state index in [4.69, 9.17) is 27.2 Å². The lowest BCUT2D eigenvalue weighted by Gasteiger charge is -2.13. The standard InChI is InChI=1S/C16H16ClNO3/c17-13-7-3-1-6-12(13)10-21-15-8-4-2-5-11(15)9-14(18)16(19)20/h1-8,14H,9-10,18H2,(H,19,20). The summed E-state index contributed by atoms with van der Waals surface area (Å²) in [7, 11) is 0. The minimum absolute atomic E-state index is 0.216. The fraction of sp³-hybridized carbons (Fsp3) is 0.188. The van der Waals surface area contributed by atoms with E-state index in [9.17, 15) is 4.79 Å². The van der Waals surface area contributed by atoms with Gasteiger partial charge in [-0.05, 0) is 17.7 Å². The van der Waals surface area contributed by atoms with Gasteiger partial charge in [-0.2, -0.15) is 0 Å². The third kappa shape index (κ3) is 4.21. The second-order valence-electron chi connectivity index (χ2n) is 4.64. The monoisotopic (exact) mass is 305 g/mol. The summed E-state index contributed by atoms with van der Waals surface area (Å²) in [5.41, 5.74) is 7.21. The van der Waals surface area contributed by atoms with E-state index < -0.39 is 12.0 Å². The van der Waals surface area contributed by atoms with E-state index in [0.717, 1.165) is 11.1 Å². The summed E-state index contributed by atoms with van der Waals surface area (Å²) in [6, 6.07) is 13.7. The number of aliphatic carboxylic acids is 1. The van der Waals surface area contributed by atoms with Gasteiger partial charge in [0.25, 0.3) is 0 Å². The number of hydrogen-bond acceptors (Lipinski definition) is 3. The van der Waals surface area contributed by atoms with Crippen LogP contribution in [0.1, 0.15) is 11.1 Å². The maximum atomic E-state index is 10.9. The van der Waals surface area contributed by atoms with Crippen LogP contribution in [0.25, 0.3) is 0 Å². The minimum atomic E-state index is -1.03. The van der Waals surface area contributed by atoms with E-state index in [2.05, 4.69) is 0 Å². The Kier molecular flexibility index (Phi) is 5.20. The number of benzene rings is 2. The highest BCUT2D eigenvalue weighted by Crippen LogP contribution is 2.22. The van der Waals surface area contributed by atoms with Gasteiger partial charge in [0.1, 0.15) is 18.4 Å². The number of halogens is 1. The summed E-state index contributed by atoms with van der Waals surface area (Å²) >= 11 is 6.08. The van der Waals surface area contributed by atoms with E-state index in [0.29, 0.717) is 17.4 Å². The molecule has 110 valence electrons. The normalized spacial score (nSPS) is 11.9. The Morgan fingerprint density at radius 1 is 1.14 bits per heavy atom. The van der Waals surface area contributed by atoms with Gasteiger partial charge in [-0.1, -0.05) is 48.0 Å². The molecule has 2 aromatic carbocycles. The number of para-hydroxylation sites is 1. The first kappa shape index (κ1) is 15.4. The van der Waals surface area contributed by atoms with Gasteiger partial charge in [-0.3, -0.25) is 4.79 Å². The van der Waals surface area contributed by atoms with Gasteiger partial charge in [0, 0.05) is 17.0 Å².